The molecule has 2 aliphatic heterocycles. The summed E-state index contributed by atoms with van der Waals surface area (Å²) in [6.45, 7) is 0.355. The Bertz CT molecular complexity index is 924. The molecule has 1 fully saturated rings. The minimum Gasteiger partial charge on any atom is -0.478 e. The Morgan fingerprint density at radius 3 is 2.48 bits per heavy atom. The molecule has 138 valence electrons. The molecule has 2 heterocycles. The number of nitrogens with zero attached hydrogens (tertiary/aromatic N) is 2. The first-order valence-electron chi connectivity index (χ1n) is 8.67. The van der Waals surface area contributed by atoms with Crippen molar-refractivity contribution in [2.45, 2.75) is 25.1 Å². The largest absolute Gasteiger partial charge is 0.478 e. The van der Waals surface area contributed by atoms with E-state index < -0.39 is 18.1 Å². The summed E-state index contributed by atoms with van der Waals surface area (Å²) in [6, 6.07) is 12.5. The number of benzene rings is 2. The predicted octanol–water partition coefficient (Wildman–Crippen LogP) is 1.51. The molecule has 4 rings (SSSR count). The molecular formula is C20H18N2O5. The number of fused-ring (bicyclic) bond motifs is 2. The van der Waals surface area contributed by atoms with Gasteiger partial charge in [-0.15, -0.1) is 0 Å². The first kappa shape index (κ1) is 17.2. The van der Waals surface area contributed by atoms with E-state index in [9.17, 15) is 19.5 Å². The number of amides is 2. The predicted molar refractivity (Wildman–Crippen MR) is 96.5 cm³/mol. The van der Waals surface area contributed by atoms with E-state index in [2.05, 4.69) is 0 Å². The van der Waals surface area contributed by atoms with Gasteiger partial charge < -0.3 is 20.0 Å². The highest BCUT2D eigenvalue weighted by molar-refractivity contribution is 6.11. The van der Waals surface area contributed by atoms with Crippen molar-refractivity contribution >= 4 is 23.5 Å². The van der Waals surface area contributed by atoms with Crippen molar-refractivity contribution in [3.8, 4) is 0 Å². The Morgan fingerprint density at radius 2 is 1.78 bits per heavy atom. The molecule has 2 N–H and O–H groups in total. The molecule has 2 aromatic carbocycles. The molecule has 0 unspecified atom stereocenters. The van der Waals surface area contributed by atoms with Gasteiger partial charge in [-0.25, -0.2) is 4.79 Å². The molecule has 0 spiro atoms. The topological polar surface area (TPSA) is 98.2 Å². The van der Waals surface area contributed by atoms with Crippen molar-refractivity contribution in [2.75, 3.05) is 11.4 Å². The Morgan fingerprint density at radius 1 is 1.07 bits per heavy atom. The van der Waals surface area contributed by atoms with Crippen LogP contribution in [0.2, 0.25) is 0 Å². The van der Waals surface area contributed by atoms with Gasteiger partial charge in [0.25, 0.3) is 5.91 Å². The van der Waals surface area contributed by atoms with Gasteiger partial charge in [-0.2, -0.15) is 0 Å². The standard InChI is InChI=1S/C20H18N2O5/c23-14-9-17-19(25)21(10-12-5-7-13(8-6-12)20(26)27)16-4-2-1-3-15(16)18(24)22(17)11-14/h1-8,14,17,23H,9-11H2,(H,26,27)/t14-,17+/m1/s1. The number of carboxylic acids is 1. The van der Waals surface area contributed by atoms with Gasteiger partial charge >= 0.3 is 5.97 Å². The summed E-state index contributed by atoms with van der Waals surface area (Å²) >= 11 is 0. The molecule has 0 bridgehead atoms. The van der Waals surface area contributed by atoms with E-state index in [4.69, 9.17) is 5.11 Å². The zero-order valence-corrected chi connectivity index (χ0v) is 14.4. The minimum absolute atomic E-state index is 0.144. The Kier molecular flexibility index (Phi) is 4.16. The molecule has 2 aliphatic rings. The molecule has 7 heteroatoms. The van der Waals surface area contributed by atoms with Gasteiger partial charge in [-0.1, -0.05) is 24.3 Å². The lowest BCUT2D eigenvalue weighted by molar-refractivity contribution is -0.122. The summed E-state index contributed by atoms with van der Waals surface area (Å²) in [4.78, 5) is 40.1. The van der Waals surface area contributed by atoms with Crippen LogP contribution < -0.4 is 4.90 Å². The maximum absolute atomic E-state index is 13.2. The van der Waals surface area contributed by atoms with Crippen molar-refractivity contribution in [3.63, 3.8) is 0 Å². The number of aliphatic hydroxyl groups is 1. The first-order chi connectivity index (χ1) is 13.0. The van der Waals surface area contributed by atoms with Crippen LogP contribution in [0.1, 0.15) is 32.7 Å². The minimum atomic E-state index is -1.01. The fourth-order valence-electron chi connectivity index (χ4n) is 3.71. The fourth-order valence-corrected chi connectivity index (χ4v) is 3.71. The van der Waals surface area contributed by atoms with Crippen molar-refractivity contribution in [1.82, 2.24) is 4.90 Å². The van der Waals surface area contributed by atoms with Crippen LogP contribution >= 0.6 is 0 Å². The maximum Gasteiger partial charge on any atom is 0.335 e. The Labute approximate surface area is 155 Å². The number of aromatic carboxylic acids is 1. The molecule has 0 saturated carbocycles. The highest BCUT2D eigenvalue weighted by atomic mass is 16.4. The molecule has 0 radical (unpaired) electrons. The molecule has 0 aromatic heterocycles. The second-order valence-corrected chi connectivity index (χ2v) is 6.81. The number of para-hydroxylation sites is 1. The molecule has 27 heavy (non-hydrogen) atoms. The van der Waals surface area contributed by atoms with Gasteiger partial charge in [0.05, 0.1) is 29.5 Å². The summed E-state index contributed by atoms with van der Waals surface area (Å²) in [7, 11) is 0. The van der Waals surface area contributed by atoms with E-state index >= 15 is 0 Å². The van der Waals surface area contributed by atoms with E-state index in [-0.39, 0.29) is 36.9 Å². The average Bonchev–Trinajstić information content (AvgIpc) is 3.04. The molecule has 2 amide bonds. The van der Waals surface area contributed by atoms with E-state index in [0.29, 0.717) is 11.3 Å². The number of aliphatic hydroxyl groups excluding tert-OH is 1. The SMILES string of the molecule is O=C(O)c1ccc(CN2C(=O)[C@@H]3C[C@@H](O)CN3C(=O)c3ccccc32)cc1. The lowest BCUT2D eigenvalue weighted by atomic mass is 10.1. The highest BCUT2D eigenvalue weighted by Gasteiger charge is 2.44. The number of hydrogen-bond acceptors (Lipinski definition) is 4. The molecule has 0 aliphatic carbocycles. The van der Waals surface area contributed by atoms with Crippen molar-refractivity contribution in [1.29, 1.82) is 0 Å². The molecule has 7 nitrogen and oxygen atoms in total. The smallest absolute Gasteiger partial charge is 0.335 e. The quantitative estimate of drug-likeness (QED) is 0.858. The Hall–Kier alpha value is -3.19. The van der Waals surface area contributed by atoms with E-state index in [0.717, 1.165) is 5.56 Å². The summed E-state index contributed by atoms with van der Waals surface area (Å²) in [5, 5.41) is 19.0. The molecule has 1 saturated heterocycles. The van der Waals surface area contributed by atoms with Crippen molar-refractivity contribution < 1.29 is 24.6 Å². The third-order valence-electron chi connectivity index (χ3n) is 5.06. The van der Waals surface area contributed by atoms with Crippen molar-refractivity contribution in [3.05, 3.63) is 65.2 Å². The van der Waals surface area contributed by atoms with Crippen LogP contribution in [0, 0.1) is 0 Å². The van der Waals surface area contributed by atoms with Gasteiger partial charge in [-0.3, -0.25) is 9.59 Å². The second-order valence-electron chi connectivity index (χ2n) is 6.81. The number of anilines is 1. The van der Waals surface area contributed by atoms with Crippen LogP contribution in [0.5, 0.6) is 0 Å². The molecular weight excluding hydrogens is 348 g/mol. The van der Waals surface area contributed by atoms with E-state index in [1.807, 2.05) is 0 Å². The summed E-state index contributed by atoms with van der Waals surface area (Å²) in [5.41, 5.74) is 1.87. The average molecular weight is 366 g/mol. The van der Waals surface area contributed by atoms with Crippen LogP contribution in [0.4, 0.5) is 5.69 Å². The number of carboxylic acid groups (broad SMARTS) is 1. The zero-order chi connectivity index (χ0) is 19.1. The van der Waals surface area contributed by atoms with E-state index in [1.165, 1.54) is 17.0 Å². The number of carbonyl (C=O) groups is 3. The maximum atomic E-state index is 13.2. The fraction of sp³-hybridized carbons (Fsp3) is 0.250. The molecule has 2 atom stereocenters. The van der Waals surface area contributed by atoms with Gasteiger partial charge in [0.15, 0.2) is 0 Å². The number of hydrogen-bond donors (Lipinski definition) is 2. The van der Waals surface area contributed by atoms with Gasteiger partial charge in [0.1, 0.15) is 6.04 Å². The van der Waals surface area contributed by atoms with Gasteiger partial charge in [-0.05, 0) is 29.8 Å². The zero-order valence-electron chi connectivity index (χ0n) is 14.4. The van der Waals surface area contributed by atoms with E-state index in [1.54, 1.807) is 41.3 Å². The highest BCUT2D eigenvalue weighted by Crippen LogP contribution is 2.33. The Balaban J connectivity index is 1.73. The summed E-state index contributed by atoms with van der Waals surface area (Å²) < 4.78 is 0. The van der Waals surface area contributed by atoms with Gasteiger partial charge in [0, 0.05) is 13.0 Å². The second kappa shape index (κ2) is 6.51. The first-order valence-corrected chi connectivity index (χ1v) is 8.67. The monoisotopic (exact) mass is 366 g/mol. The third kappa shape index (κ3) is 2.96. The lowest BCUT2D eigenvalue weighted by Gasteiger charge is -2.26. The van der Waals surface area contributed by atoms with Crippen LogP contribution in [0.15, 0.2) is 48.5 Å². The summed E-state index contributed by atoms with van der Waals surface area (Å²) in [6.07, 6.45) is -0.502. The van der Waals surface area contributed by atoms with Crippen LogP contribution in [0.25, 0.3) is 0 Å². The number of carbonyl (C=O) groups excluding carboxylic acids is 2. The van der Waals surface area contributed by atoms with Crippen LogP contribution in [-0.4, -0.2) is 51.6 Å². The summed E-state index contributed by atoms with van der Waals surface area (Å²) in [5.74, 6) is -1.52. The third-order valence-corrected chi connectivity index (χ3v) is 5.06. The van der Waals surface area contributed by atoms with Crippen molar-refractivity contribution in [2.24, 2.45) is 0 Å². The number of rotatable bonds is 3. The van der Waals surface area contributed by atoms with Crippen LogP contribution in [0.3, 0.4) is 0 Å². The van der Waals surface area contributed by atoms with Crippen LogP contribution in [-0.2, 0) is 11.3 Å². The molecule has 2 aromatic rings. The lowest BCUT2D eigenvalue weighted by Crippen LogP contribution is -2.44. The van der Waals surface area contributed by atoms with Gasteiger partial charge in [0.2, 0.25) is 5.91 Å². The normalized spacial score (nSPS) is 21.7.